The highest BCUT2D eigenvalue weighted by Gasteiger charge is 2.16. The SMILES string of the molecule is CCOC(=O)CC(N)c1ccc(NC(=O)OC(C)(C)C)cc1. The van der Waals surface area contributed by atoms with E-state index in [4.69, 9.17) is 15.2 Å². The second kappa shape index (κ2) is 7.79. The molecule has 6 nitrogen and oxygen atoms in total. The smallest absolute Gasteiger partial charge is 0.412 e. The van der Waals surface area contributed by atoms with Crippen LogP contribution in [-0.2, 0) is 14.3 Å². The second-order valence-electron chi connectivity index (χ2n) is 5.86. The van der Waals surface area contributed by atoms with E-state index >= 15 is 0 Å². The predicted molar refractivity (Wildman–Crippen MR) is 84.5 cm³/mol. The van der Waals surface area contributed by atoms with Crippen molar-refractivity contribution in [3.63, 3.8) is 0 Å². The fraction of sp³-hybridized carbons (Fsp3) is 0.500. The maximum Gasteiger partial charge on any atom is 0.412 e. The van der Waals surface area contributed by atoms with Gasteiger partial charge in [-0.3, -0.25) is 10.1 Å². The maximum absolute atomic E-state index is 11.6. The number of benzene rings is 1. The van der Waals surface area contributed by atoms with Gasteiger partial charge >= 0.3 is 12.1 Å². The third-order valence-corrected chi connectivity index (χ3v) is 2.68. The first-order valence-electron chi connectivity index (χ1n) is 7.22. The zero-order valence-corrected chi connectivity index (χ0v) is 13.5. The molecule has 3 N–H and O–H groups in total. The topological polar surface area (TPSA) is 90.6 Å². The molecule has 0 saturated carbocycles. The van der Waals surface area contributed by atoms with Gasteiger partial charge in [0.2, 0.25) is 0 Å². The van der Waals surface area contributed by atoms with Crippen LogP contribution < -0.4 is 11.1 Å². The standard InChI is InChI=1S/C16H24N2O4/c1-5-21-14(19)10-13(17)11-6-8-12(9-7-11)18-15(20)22-16(2,3)4/h6-9,13H,5,10,17H2,1-4H3,(H,18,20). The first kappa shape index (κ1) is 18.0. The van der Waals surface area contributed by atoms with E-state index in [0.29, 0.717) is 12.3 Å². The molecule has 122 valence electrons. The van der Waals surface area contributed by atoms with Gasteiger partial charge in [0.15, 0.2) is 0 Å². The highest BCUT2D eigenvalue weighted by molar-refractivity contribution is 5.84. The van der Waals surface area contributed by atoms with Gasteiger partial charge in [-0.2, -0.15) is 0 Å². The lowest BCUT2D eigenvalue weighted by Gasteiger charge is -2.19. The average molecular weight is 308 g/mol. The molecule has 0 heterocycles. The molecule has 1 amide bonds. The van der Waals surface area contributed by atoms with Gasteiger partial charge in [-0.25, -0.2) is 4.79 Å². The van der Waals surface area contributed by atoms with Crippen LogP contribution in [0.3, 0.4) is 0 Å². The van der Waals surface area contributed by atoms with Crippen molar-refractivity contribution in [2.24, 2.45) is 5.73 Å². The molecule has 1 atom stereocenters. The summed E-state index contributed by atoms with van der Waals surface area (Å²) in [7, 11) is 0. The number of carbonyl (C=O) groups excluding carboxylic acids is 2. The van der Waals surface area contributed by atoms with Crippen LogP contribution in [0.15, 0.2) is 24.3 Å². The van der Waals surface area contributed by atoms with E-state index in [0.717, 1.165) is 5.56 Å². The Balaban J connectivity index is 2.59. The molecule has 0 aliphatic rings. The minimum atomic E-state index is -0.550. The predicted octanol–water partition coefficient (Wildman–Crippen LogP) is 2.99. The molecule has 0 spiro atoms. The lowest BCUT2D eigenvalue weighted by Crippen LogP contribution is -2.27. The summed E-state index contributed by atoms with van der Waals surface area (Å²) in [5.74, 6) is -0.328. The molecule has 0 radical (unpaired) electrons. The number of esters is 1. The summed E-state index contributed by atoms with van der Waals surface area (Å²) in [6.07, 6.45) is -0.400. The summed E-state index contributed by atoms with van der Waals surface area (Å²) in [4.78, 5) is 23.0. The van der Waals surface area contributed by atoms with E-state index in [1.54, 1.807) is 52.0 Å². The molecule has 0 fully saturated rings. The zero-order valence-electron chi connectivity index (χ0n) is 13.5. The molecule has 0 aliphatic carbocycles. The van der Waals surface area contributed by atoms with Crippen molar-refractivity contribution >= 4 is 17.7 Å². The Hall–Kier alpha value is -2.08. The Bertz CT molecular complexity index is 506. The Kier molecular flexibility index (Phi) is 6.37. The van der Waals surface area contributed by atoms with Crippen molar-refractivity contribution in [3.05, 3.63) is 29.8 Å². The van der Waals surface area contributed by atoms with E-state index in [1.165, 1.54) is 0 Å². The van der Waals surface area contributed by atoms with Crippen molar-refractivity contribution < 1.29 is 19.1 Å². The van der Waals surface area contributed by atoms with Crippen LogP contribution in [0.4, 0.5) is 10.5 Å². The lowest BCUT2D eigenvalue weighted by molar-refractivity contribution is -0.143. The van der Waals surface area contributed by atoms with E-state index in [9.17, 15) is 9.59 Å². The number of rotatable bonds is 5. The number of carbonyl (C=O) groups is 2. The van der Waals surface area contributed by atoms with Gasteiger partial charge in [-0.05, 0) is 45.4 Å². The third-order valence-electron chi connectivity index (χ3n) is 2.68. The number of hydrogen-bond donors (Lipinski definition) is 2. The quantitative estimate of drug-likeness (QED) is 0.816. The highest BCUT2D eigenvalue weighted by Crippen LogP contribution is 2.18. The normalized spacial score (nSPS) is 12.4. The average Bonchev–Trinajstić information content (AvgIpc) is 2.37. The molecule has 1 rings (SSSR count). The fourth-order valence-electron chi connectivity index (χ4n) is 1.75. The van der Waals surface area contributed by atoms with Gasteiger partial charge in [0.05, 0.1) is 13.0 Å². The van der Waals surface area contributed by atoms with Gasteiger partial charge in [-0.1, -0.05) is 12.1 Å². The molecular weight excluding hydrogens is 284 g/mol. The maximum atomic E-state index is 11.6. The van der Waals surface area contributed by atoms with Crippen molar-refractivity contribution in [3.8, 4) is 0 Å². The summed E-state index contributed by atoms with van der Waals surface area (Å²) in [5, 5.41) is 2.63. The molecular formula is C16H24N2O4. The van der Waals surface area contributed by atoms with Crippen LogP contribution in [0, 0.1) is 0 Å². The molecule has 1 unspecified atom stereocenters. The fourth-order valence-corrected chi connectivity index (χ4v) is 1.75. The van der Waals surface area contributed by atoms with Crippen molar-refractivity contribution in [1.82, 2.24) is 0 Å². The van der Waals surface area contributed by atoms with Gasteiger partial charge in [0.25, 0.3) is 0 Å². The molecule has 0 bridgehead atoms. The largest absolute Gasteiger partial charge is 0.466 e. The Morgan fingerprint density at radius 2 is 1.82 bits per heavy atom. The second-order valence-corrected chi connectivity index (χ2v) is 5.86. The Labute approximate surface area is 131 Å². The number of nitrogens with two attached hydrogens (primary N) is 1. The number of amides is 1. The van der Waals surface area contributed by atoms with E-state index in [1.807, 2.05) is 0 Å². The molecule has 22 heavy (non-hydrogen) atoms. The van der Waals surface area contributed by atoms with Crippen LogP contribution in [0.1, 0.15) is 45.7 Å². The number of ether oxygens (including phenoxy) is 2. The van der Waals surface area contributed by atoms with Crippen LogP contribution in [0.5, 0.6) is 0 Å². The number of nitrogens with one attached hydrogen (secondary N) is 1. The molecule has 6 heteroatoms. The van der Waals surface area contributed by atoms with Crippen LogP contribution >= 0.6 is 0 Å². The minimum absolute atomic E-state index is 0.118. The summed E-state index contributed by atoms with van der Waals surface area (Å²) < 4.78 is 10.0. The summed E-state index contributed by atoms with van der Waals surface area (Å²) in [6, 6.07) is 6.51. The molecule has 1 aromatic carbocycles. The van der Waals surface area contributed by atoms with E-state index in [2.05, 4.69) is 5.32 Å². The first-order valence-corrected chi connectivity index (χ1v) is 7.22. The summed E-state index contributed by atoms with van der Waals surface area (Å²) in [6.45, 7) is 7.48. The number of anilines is 1. The number of hydrogen-bond acceptors (Lipinski definition) is 5. The molecule has 0 aliphatic heterocycles. The Morgan fingerprint density at radius 1 is 1.23 bits per heavy atom. The molecule has 0 aromatic heterocycles. The van der Waals surface area contributed by atoms with Crippen molar-refractivity contribution in [2.45, 2.75) is 45.8 Å². The van der Waals surface area contributed by atoms with Crippen molar-refractivity contribution in [2.75, 3.05) is 11.9 Å². The minimum Gasteiger partial charge on any atom is -0.466 e. The van der Waals surface area contributed by atoms with Gasteiger partial charge in [-0.15, -0.1) is 0 Å². The molecule has 1 aromatic rings. The van der Waals surface area contributed by atoms with E-state index < -0.39 is 17.7 Å². The van der Waals surface area contributed by atoms with Crippen LogP contribution in [0.25, 0.3) is 0 Å². The summed E-state index contributed by atoms with van der Waals surface area (Å²) in [5.41, 5.74) is 6.79. The van der Waals surface area contributed by atoms with Gasteiger partial charge < -0.3 is 15.2 Å². The zero-order chi connectivity index (χ0) is 16.8. The van der Waals surface area contributed by atoms with Gasteiger partial charge in [0, 0.05) is 11.7 Å². The highest BCUT2D eigenvalue weighted by atomic mass is 16.6. The van der Waals surface area contributed by atoms with Crippen LogP contribution in [-0.4, -0.2) is 24.3 Å². The first-order chi connectivity index (χ1) is 10.2. The summed E-state index contributed by atoms with van der Waals surface area (Å²) >= 11 is 0. The monoisotopic (exact) mass is 308 g/mol. The Morgan fingerprint density at radius 3 is 2.32 bits per heavy atom. The van der Waals surface area contributed by atoms with E-state index in [-0.39, 0.29) is 12.4 Å². The molecule has 0 saturated heterocycles. The van der Waals surface area contributed by atoms with Gasteiger partial charge in [0.1, 0.15) is 5.60 Å². The third kappa shape index (κ3) is 6.58. The lowest BCUT2D eigenvalue weighted by atomic mass is 10.0. The van der Waals surface area contributed by atoms with Crippen LogP contribution in [0.2, 0.25) is 0 Å². The van der Waals surface area contributed by atoms with Crippen molar-refractivity contribution in [1.29, 1.82) is 0 Å².